The van der Waals surface area contributed by atoms with E-state index in [-0.39, 0.29) is 5.82 Å². The van der Waals surface area contributed by atoms with Gasteiger partial charge in [-0.3, -0.25) is 0 Å². The Morgan fingerprint density at radius 1 is 1.22 bits per heavy atom. The first kappa shape index (κ1) is 18.8. The van der Waals surface area contributed by atoms with Crippen molar-refractivity contribution in [3.8, 4) is 11.1 Å². The van der Waals surface area contributed by atoms with Crippen molar-refractivity contribution in [2.45, 2.75) is 33.1 Å². The molecule has 0 saturated heterocycles. The predicted octanol–water partition coefficient (Wildman–Crippen LogP) is 6.54. The Morgan fingerprint density at radius 3 is 2.78 bits per heavy atom. The molecular formula is C24H25FN2. The number of imidazole rings is 1. The van der Waals surface area contributed by atoms with Gasteiger partial charge >= 0.3 is 0 Å². The molecule has 138 valence electrons. The first-order valence-electron chi connectivity index (χ1n) is 9.19. The molecule has 27 heavy (non-hydrogen) atoms. The van der Waals surface area contributed by atoms with Crippen LogP contribution in [0.15, 0.2) is 84.9 Å². The number of halogens is 1. The van der Waals surface area contributed by atoms with Crippen molar-refractivity contribution in [1.82, 2.24) is 9.38 Å². The number of hydrogen-bond acceptors (Lipinski definition) is 1. The van der Waals surface area contributed by atoms with Crippen molar-refractivity contribution >= 4 is 5.65 Å². The fourth-order valence-corrected chi connectivity index (χ4v) is 3.43. The van der Waals surface area contributed by atoms with E-state index in [4.69, 9.17) is 0 Å². The third kappa shape index (κ3) is 4.25. The quantitative estimate of drug-likeness (QED) is 0.437. The SMILES string of the molecule is C=CC(=C)C(CCCc1ccc(F)cc1-c1ccc2nccn2c1)=C(C)C. The molecule has 0 bridgehead atoms. The average molecular weight is 360 g/mol. The smallest absolute Gasteiger partial charge is 0.136 e. The molecule has 0 unspecified atom stereocenters. The molecule has 0 fully saturated rings. The summed E-state index contributed by atoms with van der Waals surface area (Å²) in [5.74, 6) is -0.218. The second-order valence-corrected chi connectivity index (χ2v) is 6.97. The van der Waals surface area contributed by atoms with Gasteiger partial charge in [-0.15, -0.1) is 0 Å². The van der Waals surface area contributed by atoms with Crippen molar-refractivity contribution in [1.29, 1.82) is 0 Å². The first-order chi connectivity index (χ1) is 13.0. The minimum absolute atomic E-state index is 0.218. The normalized spacial score (nSPS) is 10.8. The van der Waals surface area contributed by atoms with Gasteiger partial charge in [0.25, 0.3) is 0 Å². The zero-order chi connectivity index (χ0) is 19.4. The maximum atomic E-state index is 13.9. The zero-order valence-electron chi connectivity index (χ0n) is 16.0. The van der Waals surface area contributed by atoms with Gasteiger partial charge in [-0.25, -0.2) is 9.37 Å². The summed E-state index contributed by atoms with van der Waals surface area (Å²) in [6.07, 6.45) is 10.3. The number of fused-ring (bicyclic) bond motifs is 1. The number of rotatable bonds is 7. The molecule has 0 aliphatic rings. The van der Waals surface area contributed by atoms with Gasteiger partial charge in [0.1, 0.15) is 11.5 Å². The zero-order valence-corrected chi connectivity index (χ0v) is 16.0. The van der Waals surface area contributed by atoms with E-state index in [9.17, 15) is 4.39 Å². The van der Waals surface area contributed by atoms with Crippen LogP contribution in [0, 0.1) is 5.82 Å². The largest absolute Gasteiger partial charge is 0.306 e. The van der Waals surface area contributed by atoms with Crippen LogP contribution in [0.1, 0.15) is 32.3 Å². The molecule has 0 atom stereocenters. The number of hydrogen-bond donors (Lipinski definition) is 0. The van der Waals surface area contributed by atoms with E-state index in [0.717, 1.165) is 47.2 Å². The second kappa shape index (κ2) is 8.17. The number of allylic oxidation sites excluding steroid dienone is 4. The summed E-state index contributed by atoms with van der Waals surface area (Å²) in [6.45, 7) is 12.1. The standard InChI is InChI=1S/C24H25FN2/c1-5-18(4)22(17(2)3)8-6-7-19-9-11-21(25)15-23(19)20-10-12-24-26-13-14-27(24)16-20/h5,9-16H,1,4,6-8H2,2-3H3. The van der Waals surface area contributed by atoms with Gasteiger partial charge in [0.15, 0.2) is 0 Å². The minimum Gasteiger partial charge on any atom is -0.306 e. The van der Waals surface area contributed by atoms with E-state index in [2.05, 4.69) is 32.0 Å². The van der Waals surface area contributed by atoms with Gasteiger partial charge < -0.3 is 4.40 Å². The molecule has 0 N–H and O–H groups in total. The van der Waals surface area contributed by atoms with E-state index in [0.29, 0.717) is 0 Å². The molecule has 0 radical (unpaired) electrons. The first-order valence-corrected chi connectivity index (χ1v) is 9.19. The number of aryl methyl sites for hydroxylation is 1. The molecule has 2 heterocycles. The number of aromatic nitrogens is 2. The molecular weight excluding hydrogens is 335 g/mol. The number of benzene rings is 1. The predicted molar refractivity (Wildman–Crippen MR) is 111 cm³/mol. The highest BCUT2D eigenvalue weighted by Gasteiger charge is 2.10. The van der Waals surface area contributed by atoms with Crippen molar-refractivity contribution in [3.05, 3.63) is 96.3 Å². The summed E-state index contributed by atoms with van der Waals surface area (Å²) in [4.78, 5) is 4.27. The van der Waals surface area contributed by atoms with Crippen LogP contribution in [0.25, 0.3) is 16.8 Å². The summed E-state index contributed by atoms with van der Waals surface area (Å²) in [6, 6.07) is 9.02. The van der Waals surface area contributed by atoms with Crippen LogP contribution in [-0.2, 0) is 6.42 Å². The summed E-state index contributed by atoms with van der Waals surface area (Å²) in [5, 5.41) is 0. The van der Waals surface area contributed by atoms with Gasteiger partial charge in [-0.2, -0.15) is 0 Å². The Hall–Kier alpha value is -2.94. The van der Waals surface area contributed by atoms with Gasteiger partial charge in [-0.1, -0.05) is 30.9 Å². The Balaban J connectivity index is 1.85. The van der Waals surface area contributed by atoms with Crippen LogP contribution in [0.2, 0.25) is 0 Å². The van der Waals surface area contributed by atoms with Crippen LogP contribution >= 0.6 is 0 Å². The van der Waals surface area contributed by atoms with Crippen molar-refractivity contribution in [2.24, 2.45) is 0 Å². The molecule has 3 aromatic rings. The monoisotopic (exact) mass is 360 g/mol. The lowest BCUT2D eigenvalue weighted by Crippen LogP contribution is -1.96. The summed E-state index contributed by atoms with van der Waals surface area (Å²) in [7, 11) is 0. The van der Waals surface area contributed by atoms with Gasteiger partial charge in [-0.05, 0) is 85.2 Å². The van der Waals surface area contributed by atoms with Gasteiger partial charge in [0.05, 0.1) is 0 Å². The Bertz CT molecular complexity index is 1020. The van der Waals surface area contributed by atoms with Crippen molar-refractivity contribution in [2.75, 3.05) is 0 Å². The van der Waals surface area contributed by atoms with Gasteiger partial charge in [0, 0.05) is 18.6 Å². The van der Waals surface area contributed by atoms with E-state index in [1.54, 1.807) is 18.3 Å². The highest BCUT2D eigenvalue weighted by atomic mass is 19.1. The maximum Gasteiger partial charge on any atom is 0.136 e. The summed E-state index contributed by atoms with van der Waals surface area (Å²) < 4.78 is 15.9. The number of pyridine rings is 1. The van der Waals surface area contributed by atoms with Crippen LogP contribution in [0.5, 0.6) is 0 Å². The molecule has 2 aromatic heterocycles. The highest BCUT2D eigenvalue weighted by molar-refractivity contribution is 5.68. The molecule has 2 nitrogen and oxygen atoms in total. The van der Waals surface area contributed by atoms with E-state index < -0.39 is 0 Å². The minimum atomic E-state index is -0.218. The topological polar surface area (TPSA) is 17.3 Å². The van der Waals surface area contributed by atoms with E-state index >= 15 is 0 Å². The molecule has 0 aliphatic carbocycles. The Morgan fingerprint density at radius 2 is 2.04 bits per heavy atom. The Labute approximate surface area is 160 Å². The van der Waals surface area contributed by atoms with Crippen LogP contribution < -0.4 is 0 Å². The highest BCUT2D eigenvalue weighted by Crippen LogP contribution is 2.28. The molecule has 0 saturated carbocycles. The summed E-state index contributed by atoms with van der Waals surface area (Å²) >= 11 is 0. The maximum absolute atomic E-state index is 13.9. The van der Waals surface area contributed by atoms with E-state index in [1.165, 1.54) is 11.1 Å². The molecule has 0 amide bonds. The summed E-state index contributed by atoms with van der Waals surface area (Å²) in [5.41, 5.74) is 7.47. The lowest BCUT2D eigenvalue weighted by molar-refractivity contribution is 0.627. The molecule has 1 aromatic carbocycles. The van der Waals surface area contributed by atoms with Crippen LogP contribution in [-0.4, -0.2) is 9.38 Å². The average Bonchev–Trinajstić information content (AvgIpc) is 3.13. The van der Waals surface area contributed by atoms with Gasteiger partial charge in [0.2, 0.25) is 0 Å². The van der Waals surface area contributed by atoms with Crippen molar-refractivity contribution < 1.29 is 4.39 Å². The fraction of sp³-hybridized carbons (Fsp3) is 0.208. The molecule has 3 rings (SSSR count). The van der Waals surface area contributed by atoms with E-state index in [1.807, 2.05) is 41.1 Å². The third-order valence-electron chi connectivity index (χ3n) is 4.88. The molecule has 3 heteroatoms. The third-order valence-corrected chi connectivity index (χ3v) is 4.88. The number of nitrogens with zero attached hydrogens (tertiary/aromatic N) is 2. The van der Waals surface area contributed by atoms with Crippen molar-refractivity contribution in [3.63, 3.8) is 0 Å². The second-order valence-electron chi connectivity index (χ2n) is 6.97. The lowest BCUT2D eigenvalue weighted by Gasteiger charge is -2.13. The van der Waals surface area contributed by atoms with Crippen LogP contribution in [0.3, 0.4) is 0 Å². The Kier molecular flexibility index (Phi) is 5.70. The van der Waals surface area contributed by atoms with Crippen LogP contribution in [0.4, 0.5) is 4.39 Å². The molecule has 0 aliphatic heterocycles. The molecule has 0 spiro atoms. The lowest BCUT2D eigenvalue weighted by atomic mass is 9.93. The fourth-order valence-electron chi connectivity index (χ4n) is 3.43.